The van der Waals surface area contributed by atoms with E-state index >= 15 is 0 Å². The van der Waals surface area contributed by atoms with Crippen LogP contribution >= 0.6 is 0 Å². The van der Waals surface area contributed by atoms with Gasteiger partial charge >= 0.3 is 0 Å². The summed E-state index contributed by atoms with van der Waals surface area (Å²) in [6.07, 6.45) is 1.74. The van der Waals surface area contributed by atoms with Gasteiger partial charge in [0.05, 0.1) is 6.54 Å². The summed E-state index contributed by atoms with van der Waals surface area (Å²) in [7, 11) is 1.99. The maximum atomic E-state index is 5.59. The number of fused-ring (bicyclic) bond motifs is 1. The molecule has 4 heteroatoms. The van der Waals surface area contributed by atoms with E-state index in [1.54, 1.807) is 6.20 Å². The second-order valence-electron chi connectivity index (χ2n) is 4.63. The first-order chi connectivity index (χ1) is 9.78. The predicted molar refractivity (Wildman–Crippen MR) is 81.9 cm³/mol. The summed E-state index contributed by atoms with van der Waals surface area (Å²) in [6.45, 7) is 0.347. The van der Waals surface area contributed by atoms with Gasteiger partial charge in [0.25, 0.3) is 0 Å². The zero-order chi connectivity index (χ0) is 13.9. The van der Waals surface area contributed by atoms with Crippen LogP contribution in [0.2, 0.25) is 0 Å². The van der Waals surface area contributed by atoms with E-state index in [1.807, 2.05) is 30.1 Å². The molecule has 2 N–H and O–H groups in total. The van der Waals surface area contributed by atoms with Gasteiger partial charge < -0.3 is 10.6 Å². The Morgan fingerprint density at radius 1 is 1.05 bits per heavy atom. The van der Waals surface area contributed by atoms with Gasteiger partial charge in [-0.15, -0.1) is 0 Å². The van der Waals surface area contributed by atoms with Gasteiger partial charge in [-0.05, 0) is 29.0 Å². The molecule has 0 atom stereocenters. The van der Waals surface area contributed by atoms with E-state index in [2.05, 4.69) is 40.3 Å². The Morgan fingerprint density at radius 2 is 1.85 bits per heavy atom. The normalized spacial score (nSPS) is 10.7. The van der Waals surface area contributed by atoms with E-state index in [0.29, 0.717) is 12.4 Å². The fourth-order valence-corrected chi connectivity index (χ4v) is 2.19. The molecule has 3 aromatic rings. The van der Waals surface area contributed by atoms with Crippen molar-refractivity contribution in [2.45, 2.75) is 6.54 Å². The molecule has 0 spiro atoms. The van der Waals surface area contributed by atoms with Crippen molar-refractivity contribution < 1.29 is 0 Å². The molecule has 0 fully saturated rings. The molecule has 0 aliphatic rings. The van der Waals surface area contributed by atoms with Gasteiger partial charge in [0.1, 0.15) is 11.6 Å². The quantitative estimate of drug-likeness (QED) is 0.790. The van der Waals surface area contributed by atoms with Gasteiger partial charge in [0.2, 0.25) is 0 Å². The molecule has 0 saturated carbocycles. The Kier molecular flexibility index (Phi) is 3.31. The van der Waals surface area contributed by atoms with Gasteiger partial charge in [-0.1, -0.05) is 30.3 Å². The minimum atomic E-state index is 0.347. The number of hydrogen-bond donors (Lipinski definition) is 1. The number of anilines is 2. The number of nitrogens with zero attached hydrogens (tertiary/aromatic N) is 3. The zero-order valence-electron chi connectivity index (χ0n) is 11.3. The van der Waals surface area contributed by atoms with Crippen LogP contribution in [0.1, 0.15) is 5.82 Å². The van der Waals surface area contributed by atoms with Crippen molar-refractivity contribution in [3.05, 3.63) is 60.6 Å². The second-order valence-corrected chi connectivity index (χ2v) is 4.63. The van der Waals surface area contributed by atoms with Crippen LogP contribution in [-0.2, 0) is 6.54 Å². The van der Waals surface area contributed by atoms with Crippen molar-refractivity contribution in [3.63, 3.8) is 0 Å². The van der Waals surface area contributed by atoms with Crippen molar-refractivity contribution >= 4 is 22.3 Å². The molecule has 3 rings (SSSR count). The number of nitrogens with two attached hydrogens (primary N) is 1. The molecule has 0 bridgehead atoms. The Morgan fingerprint density at radius 3 is 2.65 bits per heavy atom. The third kappa shape index (κ3) is 2.33. The molecule has 0 radical (unpaired) electrons. The Balaban J connectivity index is 2.00. The molecule has 1 aromatic heterocycles. The molecule has 0 aliphatic heterocycles. The highest BCUT2D eigenvalue weighted by atomic mass is 15.2. The monoisotopic (exact) mass is 264 g/mol. The molecule has 20 heavy (non-hydrogen) atoms. The van der Waals surface area contributed by atoms with Crippen molar-refractivity contribution in [3.8, 4) is 0 Å². The van der Waals surface area contributed by atoms with Crippen molar-refractivity contribution in [2.75, 3.05) is 11.9 Å². The standard InChI is InChI=1S/C16H16N4/c1-20(16-8-9-18-15(11-17)19-16)14-7-6-12-4-2-3-5-13(12)10-14/h2-10H,11,17H2,1H3. The zero-order valence-corrected chi connectivity index (χ0v) is 11.3. The van der Waals surface area contributed by atoms with E-state index < -0.39 is 0 Å². The first-order valence-electron chi connectivity index (χ1n) is 6.52. The van der Waals surface area contributed by atoms with Crippen LogP contribution < -0.4 is 10.6 Å². The van der Waals surface area contributed by atoms with Gasteiger partial charge in [-0.2, -0.15) is 0 Å². The van der Waals surface area contributed by atoms with Crippen LogP contribution in [0.25, 0.3) is 10.8 Å². The maximum absolute atomic E-state index is 5.59. The summed E-state index contributed by atoms with van der Waals surface area (Å²) in [5, 5.41) is 2.44. The molecule has 2 aromatic carbocycles. The summed E-state index contributed by atoms with van der Waals surface area (Å²) in [5.41, 5.74) is 6.68. The maximum Gasteiger partial charge on any atom is 0.144 e. The second kappa shape index (κ2) is 5.27. The Hall–Kier alpha value is -2.46. The van der Waals surface area contributed by atoms with E-state index in [9.17, 15) is 0 Å². The van der Waals surface area contributed by atoms with Crippen LogP contribution in [0, 0.1) is 0 Å². The molecule has 4 nitrogen and oxygen atoms in total. The molecular weight excluding hydrogens is 248 g/mol. The molecular formula is C16H16N4. The predicted octanol–water partition coefficient (Wildman–Crippen LogP) is 2.86. The summed E-state index contributed by atoms with van der Waals surface area (Å²) in [5.74, 6) is 1.49. The molecule has 1 heterocycles. The van der Waals surface area contributed by atoms with E-state index in [-0.39, 0.29) is 0 Å². The minimum Gasteiger partial charge on any atom is -0.329 e. The summed E-state index contributed by atoms with van der Waals surface area (Å²) in [4.78, 5) is 10.6. The summed E-state index contributed by atoms with van der Waals surface area (Å²) >= 11 is 0. The molecule has 0 unspecified atom stereocenters. The fraction of sp³-hybridized carbons (Fsp3) is 0.125. The van der Waals surface area contributed by atoms with Crippen LogP contribution in [0.5, 0.6) is 0 Å². The average molecular weight is 264 g/mol. The smallest absolute Gasteiger partial charge is 0.144 e. The highest BCUT2D eigenvalue weighted by Gasteiger charge is 2.07. The molecule has 0 amide bonds. The third-order valence-electron chi connectivity index (χ3n) is 3.34. The van der Waals surface area contributed by atoms with E-state index in [0.717, 1.165) is 11.5 Å². The van der Waals surface area contributed by atoms with Crippen LogP contribution in [0.15, 0.2) is 54.7 Å². The van der Waals surface area contributed by atoms with Crippen molar-refractivity contribution in [1.82, 2.24) is 9.97 Å². The van der Waals surface area contributed by atoms with Crippen LogP contribution in [0.3, 0.4) is 0 Å². The Bertz CT molecular complexity index is 739. The van der Waals surface area contributed by atoms with Gasteiger partial charge in [-0.3, -0.25) is 0 Å². The largest absolute Gasteiger partial charge is 0.329 e. The van der Waals surface area contributed by atoms with E-state index in [4.69, 9.17) is 5.73 Å². The first-order valence-corrected chi connectivity index (χ1v) is 6.52. The topological polar surface area (TPSA) is 55.0 Å². The van der Waals surface area contributed by atoms with Crippen molar-refractivity contribution in [2.24, 2.45) is 5.73 Å². The number of rotatable bonds is 3. The van der Waals surface area contributed by atoms with Gasteiger partial charge in [-0.25, -0.2) is 9.97 Å². The van der Waals surface area contributed by atoms with E-state index in [1.165, 1.54) is 10.8 Å². The lowest BCUT2D eigenvalue weighted by molar-refractivity contribution is 0.899. The summed E-state index contributed by atoms with van der Waals surface area (Å²) in [6, 6.07) is 16.5. The van der Waals surface area contributed by atoms with Crippen LogP contribution in [-0.4, -0.2) is 17.0 Å². The molecule has 0 aliphatic carbocycles. The Labute approximate surface area is 117 Å². The number of aromatic nitrogens is 2. The highest BCUT2D eigenvalue weighted by molar-refractivity contribution is 5.86. The average Bonchev–Trinajstić information content (AvgIpc) is 2.53. The fourth-order valence-electron chi connectivity index (χ4n) is 2.19. The van der Waals surface area contributed by atoms with Crippen LogP contribution in [0.4, 0.5) is 11.5 Å². The lowest BCUT2D eigenvalue weighted by Gasteiger charge is -2.19. The lowest BCUT2D eigenvalue weighted by Crippen LogP contribution is -2.13. The van der Waals surface area contributed by atoms with Gasteiger partial charge in [0.15, 0.2) is 0 Å². The number of hydrogen-bond acceptors (Lipinski definition) is 4. The third-order valence-corrected chi connectivity index (χ3v) is 3.34. The lowest BCUT2D eigenvalue weighted by atomic mass is 10.1. The first kappa shape index (κ1) is 12.6. The SMILES string of the molecule is CN(c1ccc2ccccc2c1)c1ccnc(CN)n1. The van der Waals surface area contributed by atoms with Crippen molar-refractivity contribution in [1.29, 1.82) is 0 Å². The van der Waals surface area contributed by atoms with Gasteiger partial charge in [0, 0.05) is 18.9 Å². The highest BCUT2D eigenvalue weighted by Crippen LogP contribution is 2.25. The minimum absolute atomic E-state index is 0.347. The molecule has 0 saturated heterocycles. The number of benzene rings is 2. The summed E-state index contributed by atoms with van der Waals surface area (Å²) < 4.78 is 0. The molecule has 100 valence electrons.